The average molecular weight is 534 g/mol. The molecule has 37 heavy (non-hydrogen) atoms. The van der Waals surface area contributed by atoms with E-state index < -0.39 is 90.4 Å². The van der Waals surface area contributed by atoms with Crippen LogP contribution < -0.4 is 5.32 Å². The smallest absolute Gasteiger partial charge is 0.341 e. The van der Waals surface area contributed by atoms with E-state index in [-0.39, 0.29) is 0 Å². The Morgan fingerprint density at radius 2 is 1.54 bits per heavy atom. The molecule has 1 rings (SSSR count). The highest BCUT2D eigenvalue weighted by molar-refractivity contribution is 5.82. The fraction of sp³-hybridized carbons (Fsp3) is 0.739. The van der Waals surface area contributed by atoms with Crippen LogP contribution in [-0.2, 0) is 57.2 Å². The lowest BCUT2D eigenvalue weighted by molar-refractivity contribution is -0.274. The summed E-state index contributed by atoms with van der Waals surface area (Å²) >= 11 is 0. The third-order valence-corrected chi connectivity index (χ3v) is 5.53. The highest BCUT2D eigenvalue weighted by Crippen LogP contribution is 2.42. The first-order valence-electron chi connectivity index (χ1n) is 11.4. The SMILES string of the molecule is COC(=O)[C@]1(C(C)(C)O)C[C@H](OC(C)=O)[C@@H](NC(C)=O)[C@H]([C@H](OC(C)=O)[C@@H](COC(C)=O)OC(C)=O)O1. The predicted molar refractivity (Wildman–Crippen MR) is 121 cm³/mol. The minimum absolute atomic E-state index is 0.473. The summed E-state index contributed by atoms with van der Waals surface area (Å²) in [6.45, 7) is 7.31. The van der Waals surface area contributed by atoms with Gasteiger partial charge in [-0.15, -0.1) is 0 Å². The number of hydrogen-bond acceptors (Lipinski definition) is 13. The van der Waals surface area contributed by atoms with E-state index in [0.29, 0.717) is 0 Å². The molecular weight excluding hydrogens is 498 g/mol. The van der Waals surface area contributed by atoms with Crippen molar-refractivity contribution in [2.45, 2.75) is 96.5 Å². The second kappa shape index (κ2) is 12.8. The number of methoxy groups -OCH3 is 1. The van der Waals surface area contributed by atoms with E-state index >= 15 is 0 Å². The predicted octanol–water partition coefficient (Wildman–Crippen LogP) is -0.679. The number of nitrogens with one attached hydrogen (secondary N) is 1. The van der Waals surface area contributed by atoms with E-state index in [1.165, 1.54) is 13.8 Å². The molecule has 1 saturated heterocycles. The normalized spacial score (nSPS) is 25.1. The third kappa shape index (κ3) is 8.39. The Morgan fingerprint density at radius 3 is 1.95 bits per heavy atom. The molecule has 14 nitrogen and oxygen atoms in total. The van der Waals surface area contributed by atoms with E-state index in [0.717, 1.165) is 41.7 Å². The number of ether oxygens (including phenoxy) is 6. The summed E-state index contributed by atoms with van der Waals surface area (Å²) in [5.74, 6) is -4.96. The average Bonchev–Trinajstić information content (AvgIpc) is 2.73. The molecule has 1 amide bonds. The summed E-state index contributed by atoms with van der Waals surface area (Å²) in [5, 5.41) is 13.6. The Kier molecular flexibility index (Phi) is 11.0. The van der Waals surface area contributed by atoms with Gasteiger partial charge < -0.3 is 38.8 Å². The number of amides is 1. The van der Waals surface area contributed by atoms with Gasteiger partial charge in [0.1, 0.15) is 18.8 Å². The van der Waals surface area contributed by atoms with Crippen molar-refractivity contribution in [2.24, 2.45) is 0 Å². The van der Waals surface area contributed by atoms with Gasteiger partial charge in [0, 0.05) is 41.0 Å². The van der Waals surface area contributed by atoms with Crippen LogP contribution in [0.15, 0.2) is 0 Å². The number of carbonyl (C=O) groups excluding carboxylic acids is 6. The van der Waals surface area contributed by atoms with Crippen molar-refractivity contribution < 1.29 is 62.3 Å². The zero-order valence-electron chi connectivity index (χ0n) is 22.1. The van der Waals surface area contributed by atoms with Crippen LogP contribution in [0.2, 0.25) is 0 Å². The molecule has 210 valence electrons. The Labute approximate surface area is 214 Å². The van der Waals surface area contributed by atoms with Gasteiger partial charge in [0.15, 0.2) is 17.8 Å². The number of esters is 5. The van der Waals surface area contributed by atoms with Gasteiger partial charge in [0.2, 0.25) is 5.91 Å². The van der Waals surface area contributed by atoms with Crippen molar-refractivity contribution >= 4 is 35.8 Å². The Balaban J connectivity index is 3.88. The van der Waals surface area contributed by atoms with E-state index in [1.54, 1.807) is 0 Å². The molecule has 0 bridgehead atoms. The highest BCUT2D eigenvalue weighted by Gasteiger charge is 2.63. The van der Waals surface area contributed by atoms with Gasteiger partial charge in [-0.1, -0.05) is 0 Å². The molecule has 1 heterocycles. The lowest BCUT2D eigenvalue weighted by Gasteiger charge is -2.52. The Morgan fingerprint density at radius 1 is 0.973 bits per heavy atom. The fourth-order valence-corrected chi connectivity index (χ4v) is 4.08. The molecule has 1 fully saturated rings. The lowest BCUT2D eigenvalue weighted by Crippen LogP contribution is -2.73. The molecular formula is C23H35NO13. The molecule has 0 radical (unpaired) electrons. The van der Waals surface area contributed by atoms with Crippen molar-refractivity contribution in [3.8, 4) is 0 Å². The second-order valence-electron chi connectivity index (χ2n) is 9.06. The molecule has 0 aromatic rings. The molecule has 1 aliphatic rings. The minimum Gasteiger partial charge on any atom is -0.467 e. The van der Waals surface area contributed by atoms with Crippen LogP contribution in [0.25, 0.3) is 0 Å². The van der Waals surface area contributed by atoms with E-state index in [9.17, 15) is 33.9 Å². The van der Waals surface area contributed by atoms with Crippen molar-refractivity contribution in [3.63, 3.8) is 0 Å². The largest absolute Gasteiger partial charge is 0.467 e. The number of rotatable bonds is 10. The number of aliphatic hydroxyl groups is 1. The van der Waals surface area contributed by atoms with E-state index in [4.69, 9.17) is 28.4 Å². The Bertz CT molecular complexity index is 896. The summed E-state index contributed by atoms with van der Waals surface area (Å²) in [6.07, 6.45) is -6.53. The molecule has 0 aromatic heterocycles. The van der Waals surface area contributed by atoms with Crippen LogP contribution in [0, 0.1) is 0 Å². The minimum atomic E-state index is -2.22. The summed E-state index contributed by atoms with van der Waals surface area (Å²) in [6, 6.07) is -1.29. The van der Waals surface area contributed by atoms with Crippen LogP contribution in [0.5, 0.6) is 0 Å². The van der Waals surface area contributed by atoms with Gasteiger partial charge in [-0.3, -0.25) is 24.0 Å². The molecule has 0 aliphatic carbocycles. The summed E-state index contributed by atoms with van der Waals surface area (Å²) in [4.78, 5) is 72.7. The van der Waals surface area contributed by atoms with Crippen molar-refractivity contribution in [3.05, 3.63) is 0 Å². The molecule has 0 aromatic carbocycles. The van der Waals surface area contributed by atoms with Crippen molar-refractivity contribution in [1.29, 1.82) is 0 Å². The maximum absolute atomic E-state index is 13.1. The second-order valence-corrected chi connectivity index (χ2v) is 9.06. The first-order chi connectivity index (χ1) is 16.9. The maximum Gasteiger partial charge on any atom is 0.341 e. The Hall–Kier alpha value is -3.26. The molecule has 6 atom stereocenters. The topological polar surface area (TPSA) is 190 Å². The van der Waals surface area contributed by atoms with Gasteiger partial charge in [0.25, 0.3) is 0 Å². The van der Waals surface area contributed by atoms with Gasteiger partial charge in [-0.2, -0.15) is 0 Å². The zero-order chi connectivity index (χ0) is 28.7. The van der Waals surface area contributed by atoms with Crippen LogP contribution in [0.3, 0.4) is 0 Å². The maximum atomic E-state index is 13.1. The van der Waals surface area contributed by atoms with E-state index in [1.807, 2.05) is 0 Å². The summed E-state index contributed by atoms with van der Waals surface area (Å²) < 4.78 is 32.0. The van der Waals surface area contributed by atoms with Gasteiger partial charge in [-0.05, 0) is 13.8 Å². The fourth-order valence-electron chi connectivity index (χ4n) is 4.08. The first-order valence-corrected chi connectivity index (χ1v) is 11.4. The first kappa shape index (κ1) is 31.8. The standard InChI is InChI=1S/C23H35NO13/c1-11(25)24-18-16(34-13(3)27)9-23(21(30)32-8,22(6,7)31)37-20(18)19(36-15(5)29)17(35-14(4)28)10-33-12(2)26/h16-20,31H,9-10H2,1-8H3,(H,24,25)/t16-,17+,18+,19+,20+,23-/m0/s1. The highest BCUT2D eigenvalue weighted by atomic mass is 16.6. The summed E-state index contributed by atoms with van der Waals surface area (Å²) in [7, 11) is 1.04. The third-order valence-electron chi connectivity index (χ3n) is 5.53. The molecule has 0 spiro atoms. The van der Waals surface area contributed by atoms with Gasteiger partial charge in [-0.25, -0.2) is 4.79 Å². The molecule has 2 N–H and O–H groups in total. The van der Waals surface area contributed by atoms with Crippen LogP contribution in [0.4, 0.5) is 0 Å². The van der Waals surface area contributed by atoms with Crippen molar-refractivity contribution in [1.82, 2.24) is 5.32 Å². The quantitative estimate of drug-likeness (QED) is 0.265. The van der Waals surface area contributed by atoms with Crippen LogP contribution in [0.1, 0.15) is 54.9 Å². The van der Waals surface area contributed by atoms with Crippen molar-refractivity contribution in [2.75, 3.05) is 13.7 Å². The molecule has 0 unspecified atom stereocenters. The number of carbonyl (C=O) groups is 6. The molecule has 14 heteroatoms. The van der Waals surface area contributed by atoms with Crippen LogP contribution >= 0.6 is 0 Å². The van der Waals surface area contributed by atoms with Crippen LogP contribution in [-0.4, -0.2) is 96.2 Å². The lowest BCUT2D eigenvalue weighted by atomic mass is 9.75. The monoisotopic (exact) mass is 533 g/mol. The van der Waals surface area contributed by atoms with E-state index in [2.05, 4.69) is 5.32 Å². The zero-order valence-corrected chi connectivity index (χ0v) is 22.1. The number of hydrogen-bond donors (Lipinski definition) is 2. The van der Waals surface area contributed by atoms with Gasteiger partial charge in [0.05, 0.1) is 18.8 Å². The van der Waals surface area contributed by atoms with Gasteiger partial charge >= 0.3 is 29.8 Å². The molecule has 0 saturated carbocycles. The summed E-state index contributed by atoms with van der Waals surface area (Å²) in [5.41, 5.74) is -4.20. The molecule has 1 aliphatic heterocycles.